The molecule has 5 nitrogen and oxygen atoms in total. The van der Waals surface area contributed by atoms with Gasteiger partial charge in [-0.1, -0.05) is 0 Å². The van der Waals surface area contributed by atoms with E-state index in [1.807, 2.05) is 11.9 Å². The first-order chi connectivity index (χ1) is 6.02. The number of hydrogen-bond acceptors (Lipinski definition) is 3. The fourth-order valence-electron chi connectivity index (χ4n) is 1.75. The molecule has 0 amide bonds. The van der Waals surface area contributed by atoms with Crippen LogP contribution in [0.3, 0.4) is 0 Å². The van der Waals surface area contributed by atoms with E-state index in [1.54, 1.807) is 0 Å². The van der Waals surface area contributed by atoms with Crippen molar-refractivity contribution in [1.29, 1.82) is 0 Å². The Bertz CT molecular complexity index is 214. The van der Waals surface area contributed by atoms with Crippen LogP contribution < -0.4 is 0 Å². The van der Waals surface area contributed by atoms with Gasteiger partial charge in [0.15, 0.2) is 5.92 Å². The molecule has 0 spiro atoms. The Labute approximate surface area is 76.0 Å². The molecule has 0 aromatic heterocycles. The molecule has 0 aromatic rings. The van der Waals surface area contributed by atoms with Gasteiger partial charge in [-0.05, 0) is 25.9 Å². The van der Waals surface area contributed by atoms with Crippen LogP contribution in [0.25, 0.3) is 0 Å². The lowest BCUT2D eigenvalue weighted by Gasteiger charge is -2.14. The Morgan fingerprint density at radius 1 is 1.38 bits per heavy atom. The molecule has 1 atom stereocenters. The number of nitrogens with zero attached hydrogens (tertiary/aromatic N) is 1. The highest BCUT2D eigenvalue weighted by Crippen LogP contribution is 2.23. The molecule has 1 heterocycles. The smallest absolute Gasteiger partial charge is 0.318 e. The average Bonchev–Trinajstić information content (AvgIpc) is 2.34. The van der Waals surface area contributed by atoms with Gasteiger partial charge in [0.25, 0.3) is 0 Å². The molecule has 0 bridgehead atoms. The third-order valence-corrected chi connectivity index (χ3v) is 2.43. The summed E-state index contributed by atoms with van der Waals surface area (Å²) in [7, 11) is 1.86. The summed E-state index contributed by atoms with van der Waals surface area (Å²) in [5, 5.41) is 17.4. The van der Waals surface area contributed by atoms with Crippen LogP contribution in [0.1, 0.15) is 6.42 Å². The van der Waals surface area contributed by atoms with Crippen LogP contribution >= 0.6 is 0 Å². The first kappa shape index (κ1) is 9.98. The zero-order chi connectivity index (χ0) is 10.0. The second-order valence-corrected chi connectivity index (χ2v) is 3.47. The highest BCUT2D eigenvalue weighted by atomic mass is 16.4. The lowest BCUT2D eigenvalue weighted by molar-refractivity contribution is -0.157. The van der Waals surface area contributed by atoms with E-state index in [1.165, 1.54) is 0 Å². The van der Waals surface area contributed by atoms with Gasteiger partial charge in [-0.15, -0.1) is 0 Å². The predicted molar refractivity (Wildman–Crippen MR) is 44.4 cm³/mol. The van der Waals surface area contributed by atoms with E-state index in [-0.39, 0.29) is 5.92 Å². The molecule has 1 fully saturated rings. The van der Waals surface area contributed by atoms with Crippen molar-refractivity contribution in [2.75, 3.05) is 20.1 Å². The van der Waals surface area contributed by atoms with Gasteiger partial charge < -0.3 is 15.1 Å². The molecule has 2 N–H and O–H groups in total. The normalized spacial score (nSPS) is 23.7. The van der Waals surface area contributed by atoms with Gasteiger partial charge >= 0.3 is 11.9 Å². The summed E-state index contributed by atoms with van der Waals surface area (Å²) in [6.07, 6.45) is 0.653. The zero-order valence-electron chi connectivity index (χ0n) is 7.43. The summed E-state index contributed by atoms with van der Waals surface area (Å²) in [5.41, 5.74) is 0. The van der Waals surface area contributed by atoms with Gasteiger partial charge in [0.1, 0.15) is 0 Å². The van der Waals surface area contributed by atoms with Crippen molar-refractivity contribution in [3.05, 3.63) is 0 Å². The summed E-state index contributed by atoms with van der Waals surface area (Å²) in [6.45, 7) is 1.34. The number of hydrogen-bond donors (Lipinski definition) is 2. The summed E-state index contributed by atoms with van der Waals surface area (Å²) in [5.74, 6) is -3.95. The summed E-state index contributed by atoms with van der Waals surface area (Å²) in [4.78, 5) is 23.2. The van der Waals surface area contributed by atoms with Gasteiger partial charge in [-0.2, -0.15) is 0 Å². The zero-order valence-corrected chi connectivity index (χ0v) is 7.43. The van der Waals surface area contributed by atoms with Crippen LogP contribution in [-0.4, -0.2) is 47.2 Å². The molecule has 13 heavy (non-hydrogen) atoms. The second-order valence-electron chi connectivity index (χ2n) is 3.47. The van der Waals surface area contributed by atoms with Gasteiger partial charge in [0.2, 0.25) is 0 Å². The highest BCUT2D eigenvalue weighted by Gasteiger charge is 2.37. The topological polar surface area (TPSA) is 77.8 Å². The lowest BCUT2D eigenvalue weighted by Crippen LogP contribution is -2.32. The fourth-order valence-corrected chi connectivity index (χ4v) is 1.75. The molecule has 74 valence electrons. The van der Waals surface area contributed by atoms with Crippen LogP contribution in [0.15, 0.2) is 0 Å². The predicted octanol–water partition coefficient (Wildman–Crippen LogP) is -0.276. The van der Waals surface area contributed by atoms with E-state index < -0.39 is 17.9 Å². The van der Waals surface area contributed by atoms with Crippen molar-refractivity contribution in [2.24, 2.45) is 11.8 Å². The minimum absolute atomic E-state index is 0.250. The molecule has 0 aromatic carbocycles. The third kappa shape index (κ3) is 2.18. The minimum atomic E-state index is -1.25. The summed E-state index contributed by atoms with van der Waals surface area (Å²) < 4.78 is 0. The molecule has 0 saturated carbocycles. The molecular weight excluding hydrogens is 174 g/mol. The maximum Gasteiger partial charge on any atom is 0.318 e. The lowest BCUT2D eigenvalue weighted by atomic mass is 9.92. The maximum atomic E-state index is 10.6. The molecule has 1 aliphatic rings. The number of rotatable bonds is 3. The molecule has 1 saturated heterocycles. The van der Waals surface area contributed by atoms with E-state index >= 15 is 0 Å². The minimum Gasteiger partial charge on any atom is -0.481 e. The number of aliphatic carboxylic acids is 2. The Hall–Kier alpha value is -1.10. The van der Waals surface area contributed by atoms with E-state index in [0.29, 0.717) is 13.0 Å². The molecule has 1 aliphatic heterocycles. The van der Waals surface area contributed by atoms with Gasteiger partial charge in [-0.25, -0.2) is 0 Å². The first-order valence-electron chi connectivity index (χ1n) is 4.16. The average molecular weight is 187 g/mol. The quantitative estimate of drug-likeness (QED) is 0.594. The maximum absolute atomic E-state index is 10.6. The van der Waals surface area contributed by atoms with E-state index in [9.17, 15) is 9.59 Å². The SMILES string of the molecule is CN1CCC(C(C(=O)O)C(=O)O)C1. The van der Waals surface area contributed by atoms with Gasteiger partial charge in [0.05, 0.1) is 0 Å². The van der Waals surface area contributed by atoms with Crippen molar-refractivity contribution in [1.82, 2.24) is 4.90 Å². The molecule has 0 radical (unpaired) electrons. The third-order valence-electron chi connectivity index (χ3n) is 2.43. The standard InChI is InChI=1S/C8H13NO4/c1-9-3-2-5(4-9)6(7(10)11)8(12)13/h5-6H,2-4H2,1H3,(H,10,11)(H,12,13). The van der Waals surface area contributed by atoms with E-state index in [4.69, 9.17) is 10.2 Å². The van der Waals surface area contributed by atoms with Crippen LogP contribution in [-0.2, 0) is 9.59 Å². The number of likely N-dealkylation sites (tertiary alicyclic amines) is 1. The van der Waals surface area contributed by atoms with Crippen LogP contribution in [0, 0.1) is 11.8 Å². The monoisotopic (exact) mass is 187 g/mol. The Balaban J connectivity index is 2.66. The molecular formula is C8H13NO4. The number of carboxylic acid groups (broad SMARTS) is 2. The van der Waals surface area contributed by atoms with Crippen LogP contribution in [0.4, 0.5) is 0 Å². The van der Waals surface area contributed by atoms with Crippen LogP contribution in [0.2, 0.25) is 0 Å². The number of carboxylic acids is 2. The Morgan fingerprint density at radius 3 is 2.23 bits per heavy atom. The van der Waals surface area contributed by atoms with E-state index in [2.05, 4.69) is 0 Å². The van der Waals surface area contributed by atoms with Crippen molar-refractivity contribution in [2.45, 2.75) is 6.42 Å². The Morgan fingerprint density at radius 2 is 1.92 bits per heavy atom. The highest BCUT2D eigenvalue weighted by molar-refractivity contribution is 5.93. The molecule has 0 aliphatic carbocycles. The van der Waals surface area contributed by atoms with Crippen molar-refractivity contribution >= 4 is 11.9 Å². The molecule has 5 heteroatoms. The van der Waals surface area contributed by atoms with Crippen LogP contribution in [0.5, 0.6) is 0 Å². The fraction of sp³-hybridized carbons (Fsp3) is 0.750. The van der Waals surface area contributed by atoms with Crippen molar-refractivity contribution < 1.29 is 19.8 Å². The molecule has 1 rings (SSSR count). The van der Waals surface area contributed by atoms with Crippen molar-refractivity contribution in [3.8, 4) is 0 Å². The van der Waals surface area contributed by atoms with Gasteiger partial charge in [0, 0.05) is 6.54 Å². The first-order valence-corrected chi connectivity index (χ1v) is 4.16. The summed E-state index contributed by atoms with van der Waals surface area (Å²) in [6, 6.07) is 0. The largest absolute Gasteiger partial charge is 0.481 e. The van der Waals surface area contributed by atoms with E-state index in [0.717, 1.165) is 6.54 Å². The number of carbonyl (C=O) groups is 2. The summed E-state index contributed by atoms with van der Waals surface area (Å²) >= 11 is 0. The van der Waals surface area contributed by atoms with Crippen molar-refractivity contribution in [3.63, 3.8) is 0 Å². The molecule has 1 unspecified atom stereocenters. The van der Waals surface area contributed by atoms with Gasteiger partial charge in [-0.3, -0.25) is 9.59 Å². The second kappa shape index (κ2) is 3.74. The Kier molecular flexibility index (Phi) is 2.87.